The Morgan fingerprint density at radius 3 is 2.29 bits per heavy atom. The molecule has 0 atom stereocenters. The number of carbonyl (C=O) groups is 1. The molecule has 94 valence electrons. The molecule has 6 heteroatoms. The second-order valence-electron chi connectivity index (χ2n) is 3.71. The lowest BCUT2D eigenvalue weighted by molar-refractivity contribution is -0.137. The van der Waals surface area contributed by atoms with E-state index in [1.807, 2.05) is 0 Å². The van der Waals surface area contributed by atoms with Gasteiger partial charge in [-0.1, -0.05) is 0 Å². The number of alkyl halides is 3. The van der Waals surface area contributed by atoms with Crippen LogP contribution in [0, 0.1) is 0 Å². The number of rotatable bonds is 2. The summed E-state index contributed by atoms with van der Waals surface area (Å²) in [6.07, 6.45) is -4.45. The van der Waals surface area contributed by atoms with Gasteiger partial charge in [-0.15, -0.1) is 0 Å². The maximum atomic E-state index is 12.5. The highest BCUT2D eigenvalue weighted by Gasteiger charge is 2.31. The highest BCUT2D eigenvalue weighted by atomic mass is 19.4. The Hall–Kier alpha value is -1.72. The van der Waals surface area contributed by atoms with Crippen LogP contribution in [0.1, 0.15) is 15.9 Å². The van der Waals surface area contributed by atoms with E-state index in [-0.39, 0.29) is 5.56 Å². The monoisotopic (exact) mass is 246 g/mol. The molecule has 0 saturated carbocycles. The van der Waals surface area contributed by atoms with E-state index in [0.717, 1.165) is 12.1 Å². The molecule has 1 aromatic carbocycles. The van der Waals surface area contributed by atoms with E-state index in [0.29, 0.717) is 5.69 Å². The molecule has 0 saturated heterocycles. The highest BCUT2D eigenvalue weighted by Crippen LogP contribution is 2.32. The zero-order chi connectivity index (χ0) is 13.2. The fourth-order valence-corrected chi connectivity index (χ4v) is 1.36. The second-order valence-corrected chi connectivity index (χ2v) is 3.71. The standard InChI is InChI=1S/C11H13F3N2O/c1-15-9-5-4-7(11(12,13)14)6-8(9)10(17)16(2)3/h4-6,15H,1-3H3. The lowest BCUT2D eigenvalue weighted by Crippen LogP contribution is -2.23. The summed E-state index contributed by atoms with van der Waals surface area (Å²) in [6, 6.07) is 3.05. The van der Waals surface area contributed by atoms with E-state index in [1.165, 1.54) is 25.1 Å². The maximum absolute atomic E-state index is 12.5. The lowest BCUT2D eigenvalue weighted by Gasteiger charge is -2.16. The first-order valence-corrected chi connectivity index (χ1v) is 4.88. The van der Waals surface area contributed by atoms with Crippen LogP contribution in [0.2, 0.25) is 0 Å². The first kappa shape index (κ1) is 13.3. The van der Waals surface area contributed by atoms with Crippen molar-refractivity contribution in [3.05, 3.63) is 29.3 Å². The molecule has 0 fully saturated rings. The fraction of sp³-hybridized carbons (Fsp3) is 0.364. The Kier molecular flexibility index (Phi) is 3.65. The minimum absolute atomic E-state index is 0.00678. The summed E-state index contributed by atoms with van der Waals surface area (Å²) in [6.45, 7) is 0. The van der Waals surface area contributed by atoms with E-state index in [1.54, 1.807) is 7.05 Å². The quantitative estimate of drug-likeness (QED) is 0.869. The molecule has 0 unspecified atom stereocenters. The van der Waals surface area contributed by atoms with E-state index in [2.05, 4.69) is 5.32 Å². The van der Waals surface area contributed by atoms with Crippen LogP contribution in [0.4, 0.5) is 18.9 Å². The highest BCUT2D eigenvalue weighted by molar-refractivity contribution is 5.99. The Balaban J connectivity index is 3.30. The number of nitrogens with zero attached hydrogens (tertiary/aromatic N) is 1. The predicted molar refractivity (Wildman–Crippen MR) is 59.0 cm³/mol. The largest absolute Gasteiger partial charge is 0.416 e. The van der Waals surface area contributed by atoms with Crippen LogP contribution >= 0.6 is 0 Å². The average Bonchev–Trinajstić information content (AvgIpc) is 2.25. The van der Waals surface area contributed by atoms with Crippen molar-refractivity contribution in [3.63, 3.8) is 0 Å². The molecular weight excluding hydrogens is 233 g/mol. The minimum Gasteiger partial charge on any atom is -0.387 e. The van der Waals surface area contributed by atoms with E-state index < -0.39 is 17.6 Å². The summed E-state index contributed by atoms with van der Waals surface area (Å²) in [4.78, 5) is 13.0. The summed E-state index contributed by atoms with van der Waals surface area (Å²) in [5, 5.41) is 2.70. The van der Waals surface area contributed by atoms with Crippen molar-refractivity contribution >= 4 is 11.6 Å². The molecule has 17 heavy (non-hydrogen) atoms. The Bertz CT molecular complexity index is 427. The average molecular weight is 246 g/mol. The van der Waals surface area contributed by atoms with Crippen LogP contribution < -0.4 is 5.32 Å². The van der Waals surface area contributed by atoms with E-state index in [9.17, 15) is 18.0 Å². The summed E-state index contributed by atoms with van der Waals surface area (Å²) in [7, 11) is 4.53. The maximum Gasteiger partial charge on any atom is 0.416 e. The summed E-state index contributed by atoms with van der Waals surface area (Å²) in [5.74, 6) is -0.472. The zero-order valence-electron chi connectivity index (χ0n) is 9.72. The van der Waals surface area contributed by atoms with Gasteiger partial charge in [0.1, 0.15) is 0 Å². The first-order valence-electron chi connectivity index (χ1n) is 4.88. The van der Waals surface area contributed by atoms with Gasteiger partial charge in [-0.25, -0.2) is 0 Å². The summed E-state index contributed by atoms with van der Waals surface area (Å²) in [5.41, 5.74) is -0.453. The second kappa shape index (κ2) is 4.65. The lowest BCUT2D eigenvalue weighted by atomic mass is 10.1. The fourth-order valence-electron chi connectivity index (χ4n) is 1.36. The molecule has 0 aromatic heterocycles. The summed E-state index contributed by atoms with van der Waals surface area (Å²) >= 11 is 0. The molecule has 1 rings (SSSR count). The van der Waals surface area contributed by atoms with Crippen LogP contribution in [-0.2, 0) is 6.18 Å². The van der Waals surface area contributed by atoms with Crippen molar-refractivity contribution in [2.45, 2.75) is 6.18 Å². The van der Waals surface area contributed by atoms with Crippen LogP contribution in [0.25, 0.3) is 0 Å². The topological polar surface area (TPSA) is 32.3 Å². The van der Waals surface area contributed by atoms with E-state index in [4.69, 9.17) is 0 Å². The van der Waals surface area contributed by atoms with Crippen molar-refractivity contribution < 1.29 is 18.0 Å². The molecule has 1 N–H and O–H groups in total. The van der Waals surface area contributed by atoms with Gasteiger partial charge in [-0.2, -0.15) is 13.2 Å². The third-order valence-electron chi connectivity index (χ3n) is 2.25. The van der Waals surface area contributed by atoms with Gasteiger partial charge in [0, 0.05) is 26.8 Å². The van der Waals surface area contributed by atoms with Crippen molar-refractivity contribution in [1.82, 2.24) is 4.90 Å². The first-order chi connectivity index (χ1) is 7.77. The smallest absolute Gasteiger partial charge is 0.387 e. The third-order valence-corrected chi connectivity index (χ3v) is 2.25. The van der Waals surface area contributed by atoms with Crippen LogP contribution in [0.15, 0.2) is 18.2 Å². The van der Waals surface area contributed by atoms with Crippen molar-refractivity contribution in [3.8, 4) is 0 Å². The van der Waals surface area contributed by atoms with Gasteiger partial charge in [-0.05, 0) is 18.2 Å². The normalized spacial score (nSPS) is 11.2. The molecule has 0 aliphatic carbocycles. The van der Waals surface area contributed by atoms with Crippen molar-refractivity contribution in [2.24, 2.45) is 0 Å². The number of carbonyl (C=O) groups excluding carboxylic acids is 1. The Morgan fingerprint density at radius 2 is 1.88 bits per heavy atom. The zero-order valence-corrected chi connectivity index (χ0v) is 9.72. The molecular formula is C11H13F3N2O. The van der Waals surface area contributed by atoms with Crippen LogP contribution in [-0.4, -0.2) is 32.0 Å². The molecule has 1 aromatic rings. The SMILES string of the molecule is CNc1ccc(C(F)(F)F)cc1C(=O)N(C)C. The van der Waals surface area contributed by atoms with Gasteiger partial charge in [0.15, 0.2) is 0 Å². The van der Waals surface area contributed by atoms with Gasteiger partial charge < -0.3 is 10.2 Å². The van der Waals surface area contributed by atoms with Crippen LogP contribution in [0.5, 0.6) is 0 Å². The minimum atomic E-state index is -4.45. The molecule has 3 nitrogen and oxygen atoms in total. The van der Waals surface area contributed by atoms with Crippen LogP contribution in [0.3, 0.4) is 0 Å². The number of halogens is 3. The number of hydrogen-bond acceptors (Lipinski definition) is 2. The molecule has 0 bridgehead atoms. The number of hydrogen-bond donors (Lipinski definition) is 1. The molecule has 0 radical (unpaired) electrons. The van der Waals surface area contributed by atoms with Gasteiger partial charge in [-0.3, -0.25) is 4.79 Å². The Labute approximate surface area is 97.2 Å². The van der Waals surface area contributed by atoms with Gasteiger partial charge >= 0.3 is 6.18 Å². The van der Waals surface area contributed by atoms with Crippen molar-refractivity contribution in [1.29, 1.82) is 0 Å². The molecule has 0 aliphatic rings. The van der Waals surface area contributed by atoms with E-state index >= 15 is 0 Å². The number of anilines is 1. The predicted octanol–water partition coefficient (Wildman–Crippen LogP) is 2.45. The molecule has 0 aliphatic heterocycles. The molecule has 1 amide bonds. The number of nitrogens with one attached hydrogen (secondary N) is 1. The van der Waals surface area contributed by atoms with Gasteiger partial charge in [0.2, 0.25) is 0 Å². The summed E-state index contributed by atoms with van der Waals surface area (Å²) < 4.78 is 37.6. The van der Waals surface area contributed by atoms with Gasteiger partial charge in [0.05, 0.1) is 11.1 Å². The third kappa shape index (κ3) is 2.89. The molecule has 0 spiro atoms. The number of amides is 1. The van der Waals surface area contributed by atoms with Crippen molar-refractivity contribution in [2.75, 3.05) is 26.5 Å². The number of benzene rings is 1. The molecule has 0 heterocycles. The van der Waals surface area contributed by atoms with Gasteiger partial charge in [0.25, 0.3) is 5.91 Å². The Morgan fingerprint density at radius 1 is 1.29 bits per heavy atom.